The van der Waals surface area contributed by atoms with E-state index in [9.17, 15) is 4.79 Å². The van der Waals surface area contributed by atoms with Gasteiger partial charge in [0.25, 0.3) is 0 Å². The van der Waals surface area contributed by atoms with Gasteiger partial charge in [-0.3, -0.25) is 10.1 Å². The van der Waals surface area contributed by atoms with Gasteiger partial charge in [0.2, 0.25) is 5.91 Å². The van der Waals surface area contributed by atoms with Crippen LogP contribution in [-0.4, -0.2) is 18.1 Å². The zero-order valence-electron chi connectivity index (χ0n) is 10.7. The number of hydrogen-bond donors (Lipinski definition) is 2. The van der Waals surface area contributed by atoms with Crippen LogP contribution < -0.4 is 10.6 Å². The van der Waals surface area contributed by atoms with E-state index in [-0.39, 0.29) is 18.1 Å². The van der Waals surface area contributed by atoms with Gasteiger partial charge in [-0.15, -0.1) is 0 Å². The van der Waals surface area contributed by atoms with Crippen molar-refractivity contribution in [1.82, 2.24) is 10.6 Å². The summed E-state index contributed by atoms with van der Waals surface area (Å²) in [5, 5.41) is 6.44. The fraction of sp³-hybridized carbons (Fsp3) is 0.923. The highest BCUT2D eigenvalue weighted by Gasteiger charge is 2.29. The number of carbonyl (C=O) groups is 1. The van der Waals surface area contributed by atoms with Gasteiger partial charge in [-0.1, -0.05) is 52.4 Å². The van der Waals surface area contributed by atoms with Gasteiger partial charge in [-0.25, -0.2) is 0 Å². The number of unbranched alkanes of at least 4 members (excludes halogenated alkanes) is 4. The average molecular weight is 226 g/mol. The monoisotopic (exact) mass is 226 g/mol. The third-order valence-corrected chi connectivity index (χ3v) is 3.23. The van der Waals surface area contributed by atoms with Crippen molar-refractivity contribution in [3.8, 4) is 0 Å². The fourth-order valence-electron chi connectivity index (χ4n) is 2.20. The summed E-state index contributed by atoms with van der Waals surface area (Å²) in [7, 11) is 0. The molecule has 0 aromatic rings. The summed E-state index contributed by atoms with van der Waals surface area (Å²) < 4.78 is 0. The lowest BCUT2D eigenvalue weighted by Gasteiger charge is -2.11. The molecule has 0 aliphatic carbocycles. The van der Waals surface area contributed by atoms with Gasteiger partial charge in [-0.2, -0.15) is 0 Å². The number of amides is 1. The molecule has 2 N–H and O–H groups in total. The predicted octanol–water partition coefficient (Wildman–Crippen LogP) is 2.56. The van der Waals surface area contributed by atoms with E-state index in [4.69, 9.17) is 0 Å². The van der Waals surface area contributed by atoms with E-state index >= 15 is 0 Å². The van der Waals surface area contributed by atoms with Gasteiger partial charge in [0.15, 0.2) is 0 Å². The van der Waals surface area contributed by atoms with Crippen molar-refractivity contribution in [2.24, 2.45) is 0 Å². The quantitative estimate of drug-likeness (QED) is 0.625. The standard InChI is InChI=1S/C13H26N2O/c1-3-5-7-9-11-13(16)15-12(14-11)10-8-6-4-2/h11-12,14H,3-10H2,1-2H3,(H,15,16). The Bertz CT molecular complexity index is 206. The lowest BCUT2D eigenvalue weighted by atomic mass is 10.1. The molecule has 2 unspecified atom stereocenters. The van der Waals surface area contributed by atoms with Crippen molar-refractivity contribution < 1.29 is 4.79 Å². The zero-order valence-corrected chi connectivity index (χ0v) is 10.7. The molecule has 3 nitrogen and oxygen atoms in total. The summed E-state index contributed by atoms with van der Waals surface area (Å²) in [6.45, 7) is 4.39. The lowest BCUT2D eigenvalue weighted by Crippen LogP contribution is -2.33. The lowest BCUT2D eigenvalue weighted by molar-refractivity contribution is -0.120. The van der Waals surface area contributed by atoms with Crippen LogP contribution in [0.1, 0.15) is 65.2 Å². The van der Waals surface area contributed by atoms with E-state index in [2.05, 4.69) is 24.5 Å². The largest absolute Gasteiger partial charge is 0.339 e. The molecule has 0 aromatic heterocycles. The molecule has 1 fully saturated rings. The molecule has 94 valence electrons. The number of hydrogen-bond acceptors (Lipinski definition) is 2. The van der Waals surface area contributed by atoms with Gasteiger partial charge in [0.1, 0.15) is 0 Å². The van der Waals surface area contributed by atoms with Crippen LogP contribution in [0.2, 0.25) is 0 Å². The molecule has 0 aromatic carbocycles. The Labute approximate surface area is 99.4 Å². The Hall–Kier alpha value is -0.570. The molecule has 0 saturated carbocycles. The van der Waals surface area contributed by atoms with Crippen LogP contribution in [-0.2, 0) is 4.79 Å². The smallest absolute Gasteiger partial charge is 0.238 e. The highest BCUT2D eigenvalue weighted by atomic mass is 16.2. The minimum atomic E-state index is 0.0678. The van der Waals surface area contributed by atoms with Crippen LogP contribution in [0, 0.1) is 0 Å². The minimum absolute atomic E-state index is 0.0678. The van der Waals surface area contributed by atoms with Gasteiger partial charge in [0, 0.05) is 0 Å². The second kappa shape index (κ2) is 7.66. The minimum Gasteiger partial charge on any atom is -0.339 e. The molecular formula is C13H26N2O. The highest BCUT2D eigenvalue weighted by Crippen LogP contribution is 2.11. The van der Waals surface area contributed by atoms with Crippen molar-refractivity contribution >= 4 is 5.91 Å². The summed E-state index contributed by atoms with van der Waals surface area (Å²) in [5.74, 6) is 0.206. The molecule has 1 rings (SSSR count). The molecule has 2 atom stereocenters. The summed E-state index contributed by atoms with van der Waals surface area (Å²) in [5.41, 5.74) is 0. The van der Waals surface area contributed by atoms with E-state index in [1.165, 1.54) is 32.1 Å². The average Bonchev–Trinajstić information content (AvgIpc) is 2.61. The Morgan fingerprint density at radius 1 is 1.00 bits per heavy atom. The van der Waals surface area contributed by atoms with E-state index in [0.29, 0.717) is 0 Å². The number of nitrogens with one attached hydrogen (secondary N) is 2. The summed E-state index contributed by atoms with van der Waals surface area (Å²) in [4.78, 5) is 11.6. The van der Waals surface area contributed by atoms with Crippen LogP contribution in [0.15, 0.2) is 0 Å². The Morgan fingerprint density at radius 2 is 1.62 bits per heavy atom. The Kier molecular flexibility index (Phi) is 6.46. The molecule has 1 saturated heterocycles. The van der Waals surface area contributed by atoms with Crippen molar-refractivity contribution in [3.63, 3.8) is 0 Å². The van der Waals surface area contributed by atoms with Crippen molar-refractivity contribution in [2.45, 2.75) is 77.4 Å². The van der Waals surface area contributed by atoms with Crippen LogP contribution in [0.25, 0.3) is 0 Å². The number of carbonyl (C=O) groups excluding carboxylic acids is 1. The predicted molar refractivity (Wildman–Crippen MR) is 67.1 cm³/mol. The van der Waals surface area contributed by atoms with Crippen molar-refractivity contribution in [2.75, 3.05) is 0 Å². The number of rotatable bonds is 8. The molecule has 1 aliphatic rings. The fourth-order valence-corrected chi connectivity index (χ4v) is 2.20. The Morgan fingerprint density at radius 3 is 2.25 bits per heavy atom. The molecular weight excluding hydrogens is 200 g/mol. The molecule has 3 heteroatoms. The third-order valence-electron chi connectivity index (χ3n) is 3.23. The maximum atomic E-state index is 11.6. The summed E-state index contributed by atoms with van der Waals surface area (Å²) in [6.07, 6.45) is 9.59. The molecule has 1 aliphatic heterocycles. The van der Waals surface area contributed by atoms with Crippen LogP contribution in [0.4, 0.5) is 0 Å². The van der Waals surface area contributed by atoms with Gasteiger partial charge >= 0.3 is 0 Å². The molecule has 0 radical (unpaired) electrons. The topological polar surface area (TPSA) is 41.1 Å². The van der Waals surface area contributed by atoms with E-state index in [1.807, 2.05) is 0 Å². The molecule has 0 bridgehead atoms. The maximum absolute atomic E-state index is 11.6. The molecule has 0 spiro atoms. The van der Waals surface area contributed by atoms with Crippen LogP contribution in [0.3, 0.4) is 0 Å². The van der Waals surface area contributed by atoms with E-state index < -0.39 is 0 Å². The second-order valence-corrected chi connectivity index (χ2v) is 4.77. The maximum Gasteiger partial charge on any atom is 0.238 e. The summed E-state index contributed by atoms with van der Waals surface area (Å²) >= 11 is 0. The SMILES string of the molecule is CCCCCC1NC(=O)C(CCCCC)N1. The first kappa shape index (κ1) is 13.5. The molecule has 1 heterocycles. The molecule has 1 amide bonds. The Balaban J connectivity index is 2.16. The van der Waals surface area contributed by atoms with E-state index in [0.717, 1.165) is 19.3 Å². The van der Waals surface area contributed by atoms with Crippen LogP contribution >= 0.6 is 0 Å². The highest BCUT2D eigenvalue weighted by molar-refractivity contribution is 5.84. The first-order valence-corrected chi connectivity index (χ1v) is 6.84. The van der Waals surface area contributed by atoms with Crippen LogP contribution in [0.5, 0.6) is 0 Å². The van der Waals surface area contributed by atoms with E-state index in [1.54, 1.807) is 0 Å². The zero-order chi connectivity index (χ0) is 11.8. The van der Waals surface area contributed by atoms with Gasteiger partial charge < -0.3 is 5.32 Å². The van der Waals surface area contributed by atoms with Gasteiger partial charge in [0.05, 0.1) is 12.2 Å². The van der Waals surface area contributed by atoms with Crippen molar-refractivity contribution in [3.05, 3.63) is 0 Å². The second-order valence-electron chi connectivity index (χ2n) is 4.77. The van der Waals surface area contributed by atoms with Crippen molar-refractivity contribution in [1.29, 1.82) is 0 Å². The first-order valence-electron chi connectivity index (χ1n) is 6.84. The summed E-state index contributed by atoms with van der Waals surface area (Å²) in [6, 6.07) is 0.0678. The third kappa shape index (κ3) is 4.52. The first-order chi connectivity index (χ1) is 7.77. The normalized spacial score (nSPS) is 24.8. The molecule has 16 heavy (non-hydrogen) atoms. The van der Waals surface area contributed by atoms with Gasteiger partial charge in [-0.05, 0) is 12.8 Å².